The molecule has 0 bridgehead atoms. The van der Waals surface area contributed by atoms with Crippen LogP contribution in [0.5, 0.6) is 5.75 Å². The van der Waals surface area contributed by atoms with E-state index in [9.17, 15) is 9.59 Å². The Balaban J connectivity index is 1.70. The van der Waals surface area contributed by atoms with Gasteiger partial charge >= 0.3 is 0 Å². The molecule has 0 saturated carbocycles. The van der Waals surface area contributed by atoms with Crippen molar-refractivity contribution in [2.45, 2.75) is 19.4 Å². The van der Waals surface area contributed by atoms with Crippen molar-refractivity contribution in [2.24, 2.45) is 0 Å². The van der Waals surface area contributed by atoms with E-state index in [2.05, 4.69) is 21.2 Å². The van der Waals surface area contributed by atoms with Crippen molar-refractivity contribution < 1.29 is 9.53 Å². The number of nitrogens with zero attached hydrogens (tertiary/aromatic N) is 1. The lowest BCUT2D eigenvalue weighted by Gasteiger charge is -2.06. The third kappa shape index (κ3) is 6.58. The first kappa shape index (κ1) is 19.0. The highest BCUT2D eigenvalue weighted by molar-refractivity contribution is 9.10. The fourth-order valence-corrected chi connectivity index (χ4v) is 2.65. The Hall–Kier alpha value is -2.34. The van der Waals surface area contributed by atoms with Crippen molar-refractivity contribution >= 4 is 27.9 Å². The fourth-order valence-electron chi connectivity index (χ4n) is 2.27. The van der Waals surface area contributed by atoms with Crippen molar-refractivity contribution in [3.8, 4) is 5.75 Å². The number of carbonyl (C=O) groups is 1. The number of nitrogens with one attached hydrogen (secondary N) is 1. The molecule has 2 rings (SSSR count). The molecule has 6 heteroatoms. The molecule has 0 spiro atoms. The number of methoxy groups -OCH3 is 1. The first-order valence-corrected chi connectivity index (χ1v) is 8.84. The number of unbranched alkanes of at least 4 members (excludes halogenated alkanes) is 1. The van der Waals surface area contributed by atoms with E-state index in [1.165, 1.54) is 12.1 Å². The normalized spacial score (nSPS) is 10.8. The molecule has 25 heavy (non-hydrogen) atoms. The number of aromatic nitrogens is 1. The van der Waals surface area contributed by atoms with Crippen LogP contribution in [0.3, 0.4) is 0 Å². The van der Waals surface area contributed by atoms with Crippen LogP contribution >= 0.6 is 15.9 Å². The van der Waals surface area contributed by atoms with Crippen molar-refractivity contribution in [3.63, 3.8) is 0 Å². The van der Waals surface area contributed by atoms with Gasteiger partial charge in [-0.2, -0.15) is 0 Å². The minimum Gasteiger partial charge on any atom is -0.497 e. The number of aryl methyl sites for hydroxylation is 1. The van der Waals surface area contributed by atoms with E-state index in [0.29, 0.717) is 13.1 Å². The van der Waals surface area contributed by atoms with Crippen molar-refractivity contribution in [2.75, 3.05) is 13.7 Å². The number of hydrogen-bond acceptors (Lipinski definition) is 3. The molecular formula is C19H21BrN2O3. The van der Waals surface area contributed by atoms with Crippen LogP contribution in [0.15, 0.2) is 57.9 Å². The molecule has 0 radical (unpaired) electrons. The van der Waals surface area contributed by atoms with Crippen LogP contribution in [0.25, 0.3) is 6.08 Å². The van der Waals surface area contributed by atoms with Crippen LogP contribution in [0.4, 0.5) is 0 Å². The van der Waals surface area contributed by atoms with Crippen LogP contribution in [0.1, 0.15) is 18.4 Å². The molecule has 0 aliphatic carbocycles. The summed E-state index contributed by atoms with van der Waals surface area (Å²) in [5, 5.41) is 2.84. The molecule has 1 aromatic carbocycles. The van der Waals surface area contributed by atoms with Crippen LogP contribution in [0, 0.1) is 0 Å². The Morgan fingerprint density at radius 1 is 1.28 bits per heavy atom. The topological polar surface area (TPSA) is 60.3 Å². The molecule has 2 aromatic rings. The van der Waals surface area contributed by atoms with Gasteiger partial charge in [-0.05, 0) is 58.6 Å². The number of carbonyl (C=O) groups excluding carboxylic acids is 1. The molecule has 0 saturated heterocycles. The van der Waals surface area contributed by atoms with Gasteiger partial charge < -0.3 is 14.6 Å². The lowest BCUT2D eigenvalue weighted by molar-refractivity contribution is -0.116. The molecule has 1 aromatic heterocycles. The summed E-state index contributed by atoms with van der Waals surface area (Å²) in [4.78, 5) is 23.5. The second-order valence-corrected chi connectivity index (χ2v) is 6.40. The second-order valence-electron chi connectivity index (χ2n) is 5.49. The molecule has 1 N–H and O–H groups in total. The number of halogens is 1. The number of pyridine rings is 1. The van der Waals surface area contributed by atoms with E-state index < -0.39 is 0 Å². The zero-order valence-electron chi connectivity index (χ0n) is 14.1. The predicted octanol–water partition coefficient (Wildman–Crippen LogP) is 3.23. The molecule has 0 fully saturated rings. The first-order chi connectivity index (χ1) is 12.1. The smallest absolute Gasteiger partial charge is 0.250 e. The van der Waals surface area contributed by atoms with Gasteiger partial charge in [0.1, 0.15) is 5.75 Å². The van der Waals surface area contributed by atoms with Crippen LogP contribution < -0.4 is 15.6 Å². The van der Waals surface area contributed by atoms with Gasteiger partial charge in [-0.3, -0.25) is 9.59 Å². The lowest BCUT2D eigenvalue weighted by Crippen LogP contribution is -2.23. The van der Waals surface area contributed by atoms with Gasteiger partial charge in [-0.1, -0.05) is 12.1 Å². The highest BCUT2D eigenvalue weighted by Crippen LogP contribution is 2.13. The summed E-state index contributed by atoms with van der Waals surface area (Å²) in [6.07, 6.45) is 6.65. The molecule has 0 atom stereocenters. The first-order valence-electron chi connectivity index (χ1n) is 8.04. The maximum Gasteiger partial charge on any atom is 0.250 e. The maximum absolute atomic E-state index is 11.8. The predicted molar refractivity (Wildman–Crippen MR) is 103 cm³/mol. The average Bonchev–Trinajstić information content (AvgIpc) is 2.62. The van der Waals surface area contributed by atoms with Crippen molar-refractivity contribution in [3.05, 3.63) is 69.1 Å². The zero-order valence-corrected chi connectivity index (χ0v) is 15.7. The molecule has 0 aliphatic rings. The van der Waals surface area contributed by atoms with Gasteiger partial charge in [0.05, 0.1) is 7.11 Å². The van der Waals surface area contributed by atoms with E-state index in [-0.39, 0.29) is 11.5 Å². The minimum atomic E-state index is -0.137. The summed E-state index contributed by atoms with van der Waals surface area (Å²) in [6.45, 7) is 1.21. The summed E-state index contributed by atoms with van der Waals surface area (Å²) in [5.74, 6) is 0.618. The number of rotatable bonds is 8. The Bertz CT molecular complexity index is 799. The Morgan fingerprint density at radius 3 is 2.92 bits per heavy atom. The largest absolute Gasteiger partial charge is 0.497 e. The molecule has 5 nitrogen and oxygen atoms in total. The summed E-state index contributed by atoms with van der Waals surface area (Å²) in [5.41, 5.74) is 0.886. The van der Waals surface area contributed by atoms with E-state index in [1.807, 2.05) is 24.3 Å². The lowest BCUT2D eigenvalue weighted by atomic mass is 10.2. The second kappa shape index (κ2) is 9.84. The molecule has 1 heterocycles. The van der Waals surface area contributed by atoms with Crippen LogP contribution in [-0.4, -0.2) is 24.1 Å². The summed E-state index contributed by atoms with van der Waals surface area (Å²) in [7, 11) is 1.61. The number of hydrogen-bond donors (Lipinski definition) is 1. The highest BCUT2D eigenvalue weighted by atomic mass is 79.9. The van der Waals surface area contributed by atoms with E-state index >= 15 is 0 Å². The number of benzene rings is 1. The Labute approximate surface area is 155 Å². The Morgan fingerprint density at radius 2 is 2.12 bits per heavy atom. The van der Waals surface area contributed by atoms with Gasteiger partial charge in [0.2, 0.25) is 5.91 Å². The molecule has 1 amide bonds. The van der Waals surface area contributed by atoms with Gasteiger partial charge in [0, 0.05) is 35.9 Å². The summed E-state index contributed by atoms with van der Waals surface area (Å²) in [6, 6.07) is 10.8. The quantitative estimate of drug-likeness (QED) is 0.542. The van der Waals surface area contributed by atoms with Gasteiger partial charge in [-0.15, -0.1) is 0 Å². The number of amides is 1. The zero-order chi connectivity index (χ0) is 18.1. The third-order valence-corrected chi connectivity index (χ3v) is 4.06. The molecule has 0 aliphatic heterocycles. The fraction of sp³-hybridized carbons (Fsp3) is 0.263. The summed E-state index contributed by atoms with van der Waals surface area (Å²) < 4.78 is 7.68. The SMILES string of the molecule is COc1cccc(/C=C/C(=O)NCCCCn2cc(Br)ccc2=O)c1. The van der Waals surface area contributed by atoms with Gasteiger partial charge in [0.25, 0.3) is 5.56 Å². The molecular weight excluding hydrogens is 384 g/mol. The van der Waals surface area contributed by atoms with Gasteiger partial charge in [0.15, 0.2) is 0 Å². The van der Waals surface area contributed by atoms with E-state index in [0.717, 1.165) is 28.6 Å². The van der Waals surface area contributed by atoms with Crippen molar-refractivity contribution in [1.29, 1.82) is 0 Å². The number of ether oxygens (including phenoxy) is 1. The van der Waals surface area contributed by atoms with E-state index in [4.69, 9.17) is 4.74 Å². The highest BCUT2D eigenvalue weighted by Gasteiger charge is 1.99. The molecule has 0 unspecified atom stereocenters. The van der Waals surface area contributed by atoms with Crippen molar-refractivity contribution in [1.82, 2.24) is 9.88 Å². The van der Waals surface area contributed by atoms with Gasteiger partial charge in [-0.25, -0.2) is 0 Å². The van der Waals surface area contributed by atoms with E-state index in [1.54, 1.807) is 30.0 Å². The van der Waals surface area contributed by atoms with Crippen LogP contribution in [0.2, 0.25) is 0 Å². The monoisotopic (exact) mass is 404 g/mol. The van der Waals surface area contributed by atoms with Crippen LogP contribution in [-0.2, 0) is 11.3 Å². The average molecular weight is 405 g/mol. The third-order valence-electron chi connectivity index (χ3n) is 3.59. The Kier molecular flexibility index (Phi) is 7.47. The maximum atomic E-state index is 11.8. The molecule has 132 valence electrons. The summed E-state index contributed by atoms with van der Waals surface area (Å²) >= 11 is 3.35. The minimum absolute atomic E-state index is 0.0199. The standard InChI is InChI=1S/C19H21BrN2O3/c1-25-17-6-4-5-15(13-17)7-9-18(23)21-11-2-3-12-22-14-16(20)8-10-19(22)24/h4-10,13-14H,2-3,11-12H2,1H3,(H,21,23)/b9-7+.